The molecular formula is C27H31N5O4. The number of benzene rings is 2. The van der Waals surface area contributed by atoms with Crippen molar-refractivity contribution < 1.29 is 14.3 Å². The van der Waals surface area contributed by atoms with Crippen LogP contribution < -0.4 is 20.5 Å². The van der Waals surface area contributed by atoms with Crippen LogP contribution in [-0.2, 0) is 22.7 Å². The number of nitrogens with one attached hydrogen (secondary N) is 1. The molecule has 3 aromatic rings. The predicted octanol–water partition coefficient (Wildman–Crippen LogP) is 2.17. The summed E-state index contributed by atoms with van der Waals surface area (Å²) in [6.07, 6.45) is 2.54. The molecule has 2 aliphatic rings. The molecule has 9 nitrogen and oxygen atoms in total. The van der Waals surface area contributed by atoms with Gasteiger partial charge in [0.1, 0.15) is 5.75 Å². The number of likely N-dealkylation sites (tertiary alicyclic amines) is 1. The van der Waals surface area contributed by atoms with Crippen LogP contribution in [0, 0.1) is 5.92 Å². The number of hydrogen-bond donors (Lipinski definition) is 1. The summed E-state index contributed by atoms with van der Waals surface area (Å²) in [6, 6.07) is 14.6. The maximum atomic E-state index is 13.0. The maximum absolute atomic E-state index is 13.0. The molecule has 0 radical (unpaired) electrons. The number of rotatable bonds is 8. The van der Waals surface area contributed by atoms with E-state index in [2.05, 4.69) is 15.3 Å². The summed E-state index contributed by atoms with van der Waals surface area (Å²) in [4.78, 5) is 42.6. The van der Waals surface area contributed by atoms with Gasteiger partial charge < -0.3 is 19.9 Å². The highest BCUT2D eigenvalue weighted by atomic mass is 16.5. The van der Waals surface area contributed by atoms with E-state index in [1.165, 1.54) is 17.5 Å². The summed E-state index contributed by atoms with van der Waals surface area (Å²) in [5, 5.41) is 8.92. The van der Waals surface area contributed by atoms with Gasteiger partial charge in [-0.3, -0.25) is 14.4 Å². The van der Waals surface area contributed by atoms with Crippen molar-refractivity contribution in [3.63, 3.8) is 0 Å². The maximum Gasteiger partial charge on any atom is 0.274 e. The monoisotopic (exact) mass is 489 g/mol. The van der Waals surface area contributed by atoms with Gasteiger partial charge in [-0.05, 0) is 56.3 Å². The van der Waals surface area contributed by atoms with Crippen molar-refractivity contribution in [3.05, 3.63) is 64.6 Å². The lowest BCUT2D eigenvalue weighted by Crippen LogP contribution is -2.35. The van der Waals surface area contributed by atoms with Crippen molar-refractivity contribution in [1.82, 2.24) is 20.0 Å². The van der Waals surface area contributed by atoms with Crippen LogP contribution in [0.15, 0.2) is 53.3 Å². The Morgan fingerprint density at radius 2 is 1.75 bits per heavy atom. The molecule has 2 saturated heterocycles. The summed E-state index contributed by atoms with van der Waals surface area (Å²) < 4.78 is 6.70. The molecule has 36 heavy (non-hydrogen) atoms. The molecule has 2 fully saturated rings. The van der Waals surface area contributed by atoms with Gasteiger partial charge in [0, 0.05) is 30.6 Å². The smallest absolute Gasteiger partial charge is 0.274 e. The molecule has 188 valence electrons. The Morgan fingerprint density at radius 1 is 1.03 bits per heavy atom. The van der Waals surface area contributed by atoms with E-state index in [-0.39, 0.29) is 30.3 Å². The van der Waals surface area contributed by atoms with Crippen LogP contribution in [0.25, 0.3) is 10.8 Å². The molecule has 1 aromatic heterocycles. The number of carbonyl (C=O) groups is 2. The quantitative estimate of drug-likeness (QED) is 0.521. The molecule has 2 amide bonds. The van der Waals surface area contributed by atoms with Crippen LogP contribution >= 0.6 is 0 Å². The molecule has 1 N–H and O–H groups in total. The fourth-order valence-electron chi connectivity index (χ4n) is 5.04. The van der Waals surface area contributed by atoms with E-state index in [4.69, 9.17) is 4.74 Å². The predicted molar refractivity (Wildman–Crippen MR) is 137 cm³/mol. The van der Waals surface area contributed by atoms with Gasteiger partial charge in [-0.1, -0.05) is 18.2 Å². The number of ether oxygens (including phenoxy) is 1. The summed E-state index contributed by atoms with van der Waals surface area (Å²) in [7, 11) is 1.59. The molecule has 1 unspecified atom stereocenters. The first-order valence-corrected chi connectivity index (χ1v) is 12.5. The van der Waals surface area contributed by atoms with Gasteiger partial charge in [0.25, 0.3) is 5.56 Å². The highest BCUT2D eigenvalue weighted by molar-refractivity contribution is 6.00. The van der Waals surface area contributed by atoms with E-state index in [1.54, 1.807) is 30.2 Å². The molecule has 0 spiro atoms. The summed E-state index contributed by atoms with van der Waals surface area (Å²) >= 11 is 0. The van der Waals surface area contributed by atoms with E-state index in [0.717, 1.165) is 30.7 Å². The van der Waals surface area contributed by atoms with Crippen LogP contribution in [0.1, 0.15) is 25.0 Å². The zero-order valence-corrected chi connectivity index (χ0v) is 20.5. The Morgan fingerprint density at radius 3 is 2.47 bits per heavy atom. The Balaban J connectivity index is 1.28. The highest BCUT2D eigenvalue weighted by Crippen LogP contribution is 2.27. The van der Waals surface area contributed by atoms with E-state index in [9.17, 15) is 14.4 Å². The normalized spacial score (nSPS) is 18.2. The molecule has 3 heterocycles. The number of fused-ring (bicyclic) bond motifs is 1. The number of anilines is 1. The SMILES string of the molecule is COc1ccc(N2CC(C(=O)NCc3nn(CCN4CCCC4)c(=O)c4ccccc34)CC2=O)cc1. The van der Waals surface area contributed by atoms with Crippen molar-refractivity contribution in [2.24, 2.45) is 5.92 Å². The second kappa shape index (κ2) is 10.5. The van der Waals surface area contributed by atoms with Crippen LogP contribution in [0.5, 0.6) is 5.75 Å². The van der Waals surface area contributed by atoms with Gasteiger partial charge in [0.15, 0.2) is 0 Å². The number of carbonyl (C=O) groups excluding carboxylic acids is 2. The van der Waals surface area contributed by atoms with E-state index < -0.39 is 5.92 Å². The Hall–Kier alpha value is -3.72. The van der Waals surface area contributed by atoms with Crippen molar-refractivity contribution in [2.75, 3.05) is 38.2 Å². The first-order valence-electron chi connectivity index (χ1n) is 12.5. The Labute approximate surface area is 209 Å². The summed E-state index contributed by atoms with van der Waals surface area (Å²) in [6.45, 7) is 3.91. The van der Waals surface area contributed by atoms with Crippen molar-refractivity contribution in [3.8, 4) is 5.75 Å². The zero-order valence-electron chi connectivity index (χ0n) is 20.5. The largest absolute Gasteiger partial charge is 0.497 e. The van der Waals surface area contributed by atoms with Gasteiger partial charge in [-0.25, -0.2) is 4.68 Å². The highest BCUT2D eigenvalue weighted by Gasteiger charge is 2.35. The van der Waals surface area contributed by atoms with Crippen molar-refractivity contribution >= 4 is 28.3 Å². The fraction of sp³-hybridized carbons (Fsp3) is 0.407. The van der Waals surface area contributed by atoms with Gasteiger partial charge in [-0.2, -0.15) is 5.10 Å². The number of aromatic nitrogens is 2. The fourth-order valence-corrected chi connectivity index (χ4v) is 5.04. The Kier molecular flexibility index (Phi) is 6.99. The summed E-state index contributed by atoms with van der Waals surface area (Å²) in [5.74, 6) is -0.0208. The second-order valence-electron chi connectivity index (χ2n) is 9.39. The minimum absolute atomic E-state index is 0.0839. The minimum atomic E-state index is -0.452. The molecule has 1 atom stereocenters. The van der Waals surface area contributed by atoms with Gasteiger partial charge in [0.05, 0.1) is 37.2 Å². The first-order chi connectivity index (χ1) is 17.5. The molecule has 0 saturated carbocycles. The third-order valence-electron chi connectivity index (χ3n) is 7.08. The minimum Gasteiger partial charge on any atom is -0.497 e. The second-order valence-corrected chi connectivity index (χ2v) is 9.39. The van der Waals surface area contributed by atoms with E-state index in [1.807, 2.05) is 30.3 Å². The standard InChI is InChI=1S/C27H31N5O4/c1-36-21-10-8-20(9-11-21)31-18-19(16-25(31)33)26(34)28-17-24-22-6-2-3-7-23(22)27(35)32(29-24)15-14-30-12-4-5-13-30/h2-3,6-11,19H,4-5,12-18H2,1H3,(H,28,34). The lowest BCUT2D eigenvalue weighted by molar-refractivity contribution is -0.126. The lowest BCUT2D eigenvalue weighted by Gasteiger charge is -2.18. The Bertz CT molecular complexity index is 1310. The van der Waals surface area contributed by atoms with Crippen LogP contribution in [0.4, 0.5) is 5.69 Å². The van der Waals surface area contributed by atoms with Crippen LogP contribution in [-0.4, -0.2) is 59.8 Å². The topological polar surface area (TPSA) is 96.8 Å². The first kappa shape index (κ1) is 24.0. The van der Waals surface area contributed by atoms with E-state index >= 15 is 0 Å². The molecule has 5 rings (SSSR count). The van der Waals surface area contributed by atoms with E-state index in [0.29, 0.717) is 29.9 Å². The van der Waals surface area contributed by atoms with Gasteiger partial charge >= 0.3 is 0 Å². The molecule has 2 aliphatic heterocycles. The zero-order chi connectivity index (χ0) is 25.1. The third kappa shape index (κ3) is 4.97. The lowest BCUT2D eigenvalue weighted by atomic mass is 10.1. The molecule has 0 aliphatic carbocycles. The van der Waals surface area contributed by atoms with Crippen LogP contribution in [0.2, 0.25) is 0 Å². The van der Waals surface area contributed by atoms with Gasteiger partial charge in [0.2, 0.25) is 11.8 Å². The van der Waals surface area contributed by atoms with Crippen LogP contribution in [0.3, 0.4) is 0 Å². The molecular weight excluding hydrogens is 458 g/mol. The van der Waals surface area contributed by atoms with Crippen molar-refractivity contribution in [1.29, 1.82) is 0 Å². The average Bonchev–Trinajstić information content (AvgIpc) is 3.57. The molecule has 2 aromatic carbocycles. The molecule has 9 heteroatoms. The number of amides is 2. The summed E-state index contributed by atoms with van der Waals surface area (Å²) in [5.41, 5.74) is 1.28. The number of methoxy groups -OCH3 is 1. The van der Waals surface area contributed by atoms with Crippen molar-refractivity contribution in [2.45, 2.75) is 32.4 Å². The van der Waals surface area contributed by atoms with Gasteiger partial charge in [-0.15, -0.1) is 0 Å². The number of hydrogen-bond acceptors (Lipinski definition) is 6. The molecule has 0 bridgehead atoms. The third-order valence-corrected chi connectivity index (χ3v) is 7.08. The number of nitrogens with zero attached hydrogens (tertiary/aromatic N) is 4. The average molecular weight is 490 g/mol.